The maximum Gasteiger partial charge on any atom is 0.328 e. The number of rotatable bonds is 6. The van der Waals surface area contributed by atoms with Crippen LogP contribution >= 0.6 is 0 Å². The van der Waals surface area contributed by atoms with Crippen molar-refractivity contribution in [2.75, 3.05) is 6.54 Å². The number of sulfonamides is 1. The van der Waals surface area contributed by atoms with E-state index in [4.69, 9.17) is 5.11 Å². The topological polar surface area (TPSA) is 83.5 Å². The molecule has 0 saturated carbocycles. The number of carboxylic acid groups (broad SMARTS) is 1. The first kappa shape index (κ1) is 14.1. The number of benzene rings is 1. The summed E-state index contributed by atoms with van der Waals surface area (Å²) in [5.41, 5.74) is 0.611. The quantitative estimate of drug-likeness (QED) is 0.600. The van der Waals surface area contributed by atoms with E-state index in [0.717, 1.165) is 6.08 Å². The van der Waals surface area contributed by atoms with E-state index in [9.17, 15) is 13.2 Å². The highest BCUT2D eigenvalue weighted by Gasteiger charge is 2.11. The number of carboxylic acids is 1. The van der Waals surface area contributed by atoms with E-state index in [1.807, 2.05) is 0 Å². The Hall–Kier alpha value is -1.92. The number of hydrogen-bond acceptors (Lipinski definition) is 3. The molecule has 5 nitrogen and oxygen atoms in total. The van der Waals surface area contributed by atoms with Crippen molar-refractivity contribution in [3.63, 3.8) is 0 Å². The molecule has 2 N–H and O–H groups in total. The molecule has 6 heteroatoms. The summed E-state index contributed by atoms with van der Waals surface area (Å²) in [4.78, 5) is 10.4. The molecule has 1 aromatic carbocycles. The van der Waals surface area contributed by atoms with Crippen molar-refractivity contribution in [3.8, 4) is 0 Å². The lowest BCUT2D eigenvalue weighted by molar-refractivity contribution is -0.131. The Labute approximate surface area is 106 Å². The second kappa shape index (κ2) is 6.13. The number of hydrogen-bond donors (Lipinski definition) is 2. The molecule has 96 valence electrons. The smallest absolute Gasteiger partial charge is 0.328 e. The van der Waals surface area contributed by atoms with E-state index in [1.165, 1.54) is 36.4 Å². The lowest BCUT2D eigenvalue weighted by atomic mass is 10.2. The number of nitrogens with one attached hydrogen (secondary N) is 1. The van der Waals surface area contributed by atoms with E-state index < -0.39 is 16.0 Å². The first-order valence-electron chi connectivity index (χ1n) is 5.07. The molecule has 1 rings (SSSR count). The van der Waals surface area contributed by atoms with Gasteiger partial charge >= 0.3 is 5.97 Å². The molecule has 0 atom stereocenters. The molecule has 0 amide bonds. The van der Waals surface area contributed by atoms with Crippen molar-refractivity contribution in [3.05, 3.63) is 48.6 Å². The van der Waals surface area contributed by atoms with Crippen molar-refractivity contribution in [2.24, 2.45) is 0 Å². The average molecular weight is 267 g/mol. The van der Waals surface area contributed by atoms with Crippen LogP contribution < -0.4 is 4.72 Å². The Kier molecular flexibility index (Phi) is 4.82. The molecule has 0 radical (unpaired) electrons. The molecule has 0 fully saturated rings. The number of aliphatic carboxylic acids is 1. The predicted molar refractivity (Wildman–Crippen MR) is 68.5 cm³/mol. The molecule has 0 bridgehead atoms. The molecule has 0 unspecified atom stereocenters. The normalized spacial score (nSPS) is 11.6. The fraction of sp³-hybridized carbons (Fsp3) is 0.0833. The molecule has 0 aliphatic rings. The minimum atomic E-state index is -3.53. The van der Waals surface area contributed by atoms with Gasteiger partial charge in [0, 0.05) is 12.6 Å². The maximum atomic E-state index is 11.7. The maximum absolute atomic E-state index is 11.7. The molecule has 0 aliphatic carbocycles. The first-order chi connectivity index (χ1) is 8.45. The van der Waals surface area contributed by atoms with Crippen LogP contribution in [0.4, 0.5) is 0 Å². The van der Waals surface area contributed by atoms with Gasteiger partial charge < -0.3 is 5.11 Å². The van der Waals surface area contributed by atoms with E-state index in [1.54, 1.807) is 0 Å². The standard InChI is InChI=1S/C12H13NO4S/c1-2-9-13-18(16,17)11-6-3-10(4-7-11)5-8-12(14)15/h2-8,13H,1,9H2,(H,14,15). The molecule has 18 heavy (non-hydrogen) atoms. The summed E-state index contributed by atoms with van der Waals surface area (Å²) in [7, 11) is -3.53. The summed E-state index contributed by atoms with van der Waals surface area (Å²) in [6, 6.07) is 5.88. The van der Waals surface area contributed by atoms with Crippen LogP contribution in [0.1, 0.15) is 5.56 Å². The van der Waals surface area contributed by atoms with Crippen LogP contribution in [0.15, 0.2) is 47.9 Å². The predicted octanol–water partition coefficient (Wildman–Crippen LogP) is 1.25. The van der Waals surface area contributed by atoms with E-state index in [0.29, 0.717) is 5.56 Å². The second-order valence-corrected chi connectivity index (χ2v) is 5.15. The number of carbonyl (C=O) groups is 1. The zero-order chi connectivity index (χ0) is 13.6. The summed E-state index contributed by atoms with van der Waals surface area (Å²) in [5, 5.41) is 8.45. The minimum absolute atomic E-state index is 0.122. The second-order valence-electron chi connectivity index (χ2n) is 3.38. The molecular weight excluding hydrogens is 254 g/mol. The highest BCUT2D eigenvalue weighted by Crippen LogP contribution is 2.11. The van der Waals surface area contributed by atoms with Crippen LogP contribution in [0.3, 0.4) is 0 Å². The Bertz CT molecular complexity index is 558. The van der Waals surface area contributed by atoms with Crippen molar-refractivity contribution in [1.82, 2.24) is 4.72 Å². The highest BCUT2D eigenvalue weighted by molar-refractivity contribution is 7.89. The summed E-state index contributed by atoms with van der Waals surface area (Å²) in [6.07, 6.45) is 3.82. The molecule has 0 aliphatic heterocycles. The average Bonchev–Trinajstić information content (AvgIpc) is 2.34. The van der Waals surface area contributed by atoms with Crippen LogP contribution in [0, 0.1) is 0 Å². The molecule has 0 saturated heterocycles. The van der Waals surface area contributed by atoms with E-state index in [2.05, 4.69) is 11.3 Å². The Morgan fingerprint density at radius 2 is 1.94 bits per heavy atom. The van der Waals surface area contributed by atoms with Gasteiger partial charge in [0.1, 0.15) is 0 Å². The Morgan fingerprint density at radius 3 is 2.44 bits per heavy atom. The fourth-order valence-electron chi connectivity index (χ4n) is 1.18. The van der Waals surface area contributed by atoms with Gasteiger partial charge in [-0.3, -0.25) is 0 Å². The van der Waals surface area contributed by atoms with Crippen molar-refractivity contribution in [2.45, 2.75) is 4.90 Å². The molecule has 0 spiro atoms. The van der Waals surface area contributed by atoms with Crippen LogP contribution in [0.5, 0.6) is 0 Å². The third-order valence-electron chi connectivity index (χ3n) is 2.03. The van der Waals surface area contributed by atoms with Gasteiger partial charge in [-0.25, -0.2) is 17.9 Å². The summed E-state index contributed by atoms with van der Waals surface area (Å²) in [6.45, 7) is 3.58. The zero-order valence-corrected chi connectivity index (χ0v) is 10.4. The van der Waals surface area contributed by atoms with Gasteiger partial charge in [-0.2, -0.15) is 0 Å². The van der Waals surface area contributed by atoms with Crippen molar-refractivity contribution < 1.29 is 18.3 Å². The van der Waals surface area contributed by atoms with Crippen LogP contribution in [-0.2, 0) is 14.8 Å². The van der Waals surface area contributed by atoms with Gasteiger partial charge in [0.25, 0.3) is 0 Å². The van der Waals surface area contributed by atoms with Gasteiger partial charge in [-0.15, -0.1) is 6.58 Å². The molecule has 0 heterocycles. The zero-order valence-electron chi connectivity index (χ0n) is 9.54. The molecule has 0 aromatic heterocycles. The third kappa shape index (κ3) is 4.15. The molecular formula is C12H13NO4S. The monoisotopic (exact) mass is 267 g/mol. The third-order valence-corrected chi connectivity index (χ3v) is 3.47. The van der Waals surface area contributed by atoms with Crippen molar-refractivity contribution >= 4 is 22.1 Å². The largest absolute Gasteiger partial charge is 0.478 e. The van der Waals surface area contributed by atoms with E-state index >= 15 is 0 Å². The van der Waals surface area contributed by atoms with Gasteiger partial charge in [0.15, 0.2) is 0 Å². The lowest BCUT2D eigenvalue weighted by Gasteiger charge is -2.04. The van der Waals surface area contributed by atoms with Crippen LogP contribution in [0.2, 0.25) is 0 Å². The van der Waals surface area contributed by atoms with E-state index in [-0.39, 0.29) is 11.4 Å². The fourth-order valence-corrected chi connectivity index (χ4v) is 2.18. The van der Waals surface area contributed by atoms with Gasteiger partial charge in [0.05, 0.1) is 4.90 Å². The summed E-state index contributed by atoms with van der Waals surface area (Å²) >= 11 is 0. The molecule has 1 aromatic rings. The van der Waals surface area contributed by atoms with Crippen LogP contribution in [0.25, 0.3) is 6.08 Å². The minimum Gasteiger partial charge on any atom is -0.478 e. The highest BCUT2D eigenvalue weighted by atomic mass is 32.2. The van der Waals surface area contributed by atoms with Gasteiger partial charge in [0.2, 0.25) is 10.0 Å². The summed E-state index contributed by atoms with van der Waals surface area (Å²) < 4.78 is 25.7. The van der Waals surface area contributed by atoms with Crippen molar-refractivity contribution in [1.29, 1.82) is 0 Å². The SMILES string of the molecule is C=CCNS(=O)(=O)c1ccc(C=CC(=O)O)cc1. The first-order valence-corrected chi connectivity index (χ1v) is 6.55. The summed E-state index contributed by atoms with van der Waals surface area (Å²) in [5.74, 6) is -1.06. The van der Waals surface area contributed by atoms with Gasteiger partial charge in [-0.05, 0) is 23.8 Å². The van der Waals surface area contributed by atoms with Gasteiger partial charge in [-0.1, -0.05) is 18.2 Å². The Balaban J connectivity index is 2.89. The van der Waals surface area contributed by atoms with Crippen LogP contribution in [-0.4, -0.2) is 26.0 Å². The Morgan fingerprint density at radius 1 is 1.33 bits per heavy atom. The lowest BCUT2D eigenvalue weighted by Crippen LogP contribution is -2.23.